The fraction of sp³-hybridized carbons (Fsp3) is 0.706. The fourth-order valence-electron chi connectivity index (χ4n) is 3.14. The molecule has 8 heteroatoms. The maximum atomic E-state index is 12.4. The molecule has 0 atom stereocenters. The van der Waals surface area contributed by atoms with Crippen LogP contribution >= 0.6 is 0 Å². The Hall–Kier alpha value is -2.25. The summed E-state index contributed by atoms with van der Waals surface area (Å²) in [7, 11) is 0. The van der Waals surface area contributed by atoms with Crippen molar-refractivity contribution in [3.8, 4) is 0 Å². The minimum Gasteiger partial charge on any atom is -0.309 e. The molecule has 0 saturated heterocycles. The number of rotatable bonds is 4. The molecule has 2 aromatic heterocycles. The molecule has 1 fully saturated rings. The first-order valence-corrected chi connectivity index (χ1v) is 8.97. The second-order valence-electron chi connectivity index (χ2n) is 7.85. The van der Waals surface area contributed by atoms with Crippen molar-refractivity contribution in [2.24, 2.45) is 0 Å². The zero-order valence-electron chi connectivity index (χ0n) is 15.5. The molecule has 1 aliphatic carbocycles. The second-order valence-corrected chi connectivity index (χ2v) is 7.85. The van der Waals surface area contributed by atoms with Gasteiger partial charge in [0.25, 0.3) is 0 Å². The number of aryl methyl sites for hydroxylation is 1. The van der Waals surface area contributed by atoms with E-state index in [2.05, 4.69) is 25.8 Å². The minimum absolute atomic E-state index is 0.0397. The number of hydrogen-bond donors (Lipinski definition) is 1. The van der Waals surface area contributed by atoms with Crippen LogP contribution in [0.4, 0.5) is 5.82 Å². The Labute approximate surface area is 148 Å². The van der Waals surface area contributed by atoms with E-state index >= 15 is 0 Å². The zero-order valence-corrected chi connectivity index (χ0v) is 15.5. The molecule has 1 amide bonds. The molecular formula is C17H27N7O. The molecule has 0 radical (unpaired) electrons. The molecule has 0 aliphatic heterocycles. The molecule has 8 nitrogen and oxygen atoms in total. The van der Waals surface area contributed by atoms with Crippen molar-refractivity contribution in [2.45, 2.75) is 77.8 Å². The molecule has 0 spiro atoms. The molecule has 1 saturated carbocycles. The van der Waals surface area contributed by atoms with Crippen molar-refractivity contribution < 1.29 is 4.79 Å². The summed E-state index contributed by atoms with van der Waals surface area (Å²) >= 11 is 0. The van der Waals surface area contributed by atoms with Crippen molar-refractivity contribution in [3.05, 3.63) is 17.6 Å². The van der Waals surface area contributed by atoms with Gasteiger partial charge in [0.2, 0.25) is 5.91 Å². The molecule has 25 heavy (non-hydrogen) atoms. The molecular weight excluding hydrogens is 318 g/mol. The Morgan fingerprint density at radius 2 is 1.96 bits per heavy atom. The fourth-order valence-corrected chi connectivity index (χ4v) is 3.14. The second kappa shape index (κ2) is 6.93. The molecule has 2 aromatic rings. The average molecular weight is 345 g/mol. The Morgan fingerprint density at radius 1 is 1.24 bits per heavy atom. The van der Waals surface area contributed by atoms with Gasteiger partial charge in [-0.15, -0.1) is 10.2 Å². The van der Waals surface area contributed by atoms with E-state index < -0.39 is 0 Å². The van der Waals surface area contributed by atoms with Crippen LogP contribution in [0.15, 0.2) is 6.07 Å². The zero-order chi connectivity index (χ0) is 18.0. The largest absolute Gasteiger partial charge is 0.309 e. The van der Waals surface area contributed by atoms with E-state index in [9.17, 15) is 4.79 Å². The van der Waals surface area contributed by atoms with Gasteiger partial charge in [-0.1, -0.05) is 40.0 Å². The topological polar surface area (TPSA) is 90.5 Å². The highest BCUT2D eigenvalue weighted by Crippen LogP contribution is 2.30. The van der Waals surface area contributed by atoms with E-state index in [-0.39, 0.29) is 17.9 Å². The lowest BCUT2D eigenvalue weighted by atomic mass is 9.96. The molecule has 2 heterocycles. The van der Waals surface area contributed by atoms with Crippen LogP contribution in [0.5, 0.6) is 0 Å². The third-order valence-corrected chi connectivity index (χ3v) is 4.45. The van der Waals surface area contributed by atoms with Crippen molar-refractivity contribution in [1.29, 1.82) is 0 Å². The van der Waals surface area contributed by atoms with Gasteiger partial charge >= 0.3 is 0 Å². The molecule has 3 rings (SSSR count). The first-order chi connectivity index (χ1) is 11.8. The number of hydrogen-bond acceptors (Lipinski definition) is 5. The van der Waals surface area contributed by atoms with Gasteiger partial charge < -0.3 is 5.32 Å². The maximum absolute atomic E-state index is 12.4. The van der Waals surface area contributed by atoms with Crippen molar-refractivity contribution in [3.63, 3.8) is 0 Å². The van der Waals surface area contributed by atoms with Gasteiger partial charge in [-0.3, -0.25) is 4.79 Å². The summed E-state index contributed by atoms with van der Waals surface area (Å²) in [6.45, 7) is 8.03. The Balaban J connectivity index is 1.68. The summed E-state index contributed by atoms with van der Waals surface area (Å²) in [5.74, 6) is 1.21. The highest BCUT2D eigenvalue weighted by Gasteiger charge is 2.22. The highest BCUT2D eigenvalue weighted by atomic mass is 16.2. The number of anilines is 1. The number of tetrazole rings is 1. The standard InChI is InChI=1S/C17H27N7O/c1-12-10-14(24(20-12)13-8-6-5-7-9-13)18-15(25)11-23-21-16(19-22-23)17(2,3)4/h10,13H,5-9,11H2,1-4H3,(H,18,25). The maximum Gasteiger partial charge on any atom is 0.249 e. The van der Waals surface area contributed by atoms with Gasteiger partial charge in [-0.2, -0.15) is 9.90 Å². The van der Waals surface area contributed by atoms with E-state index in [0.717, 1.165) is 24.4 Å². The number of amides is 1. The monoisotopic (exact) mass is 345 g/mol. The first kappa shape index (κ1) is 17.6. The predicted octanol–water partition coefficient (Wildman–Crippen LogP) is 2.62. The number of carbonyl (C=O) groups excluding carboxylic acids is 1. The lowest BCUT2D eigenvalue weighted by Crippen LogP contribution is -2.24. The SMILES string of the molecule is Cc1cc(NC(=O)Cn2nnc(C(C)(C)C)n2)n(C2CCCCC2)n1. The van der Waals surface area contributed by atoms with Crippen LogP contribution in [0, 0.1) is 6.92 Å². The number of aromatic nitrogens is 6. The van der Waals surface area contributed by atoms with Crippen molar-refractivity contribution in [1.82, 2.24) is 30.0 Å². The number of carbonyl (C=O) groups is 1. The summed E-state index contributed by atoms with van der Waals surface area (Å²) < 4.78 is 1.97. The number of nitrogens with one attached hydrogen (secondary N) is 1. The molecule has 1 N–H and O–H groups in total. The average Bonchev–Trinajstić information content (AvgIpc) is 3.14. The van der Waals surface area contributed by atoms with Crippen LogP contribution in [0.3, 0.4) is 0 Å². The van der Waals surface area contributed by atoms with E-state index in [0.29, 0.717) is 11.9 Å². The molecule has 136 valence electrons. The van der Waals surface area contributed by atoms with Crippen LogP contribution in [0.1, 0.15) is 70.4 Å². The summed E-state index contributed by atoms with van der Waals surface area (Å²) in [6.07, 6.45) is 5.95. The summed E-state index contributed by atoms with van der Waals surface area (Å²) in [5.41, 5.74) is 0.723. The van der Waals surface area contributed by atoms with Crippen LogP contribution in [-0.2, 0) is 16.8 Å². The summed E-state index contributed by atoms with van der Waals surface area (Å²) in [6, 6.07) is 2.29. The van der Waals surface area contributed by atoms with Crippen molar-refractivity contribution in [2.75, 3.05) is 5.32 Å². The van der Waals surface area contributed by atoms with E-state index in [1.165, 1.54) is 24.1 Å². The smallest absolute Gasteiger partial charge is 0.249 e. The predicted molar refractivity (Wildman–Crippen MR) is 94.2 cm³/mol. The van der Waals surface area contributed by atoms with Gasteiger partial charge in [0.1, 0.15) is 12.4 Å². The lowest BCUT2D eigenvalue weighted by Gasteiger charge is -2.23. The third-order valence-electron chi connectivity index (χ3n) is 4.45. The molecule has 0 bridgehead atoms. The Kier molecular flexibility index (Phi) is 4.87. The van der Waals surface area contributed by atoms with Gasteiger partial charge in [0, 0.05) is 11.5 Å². The lowest BCUT2D eigenvalue weighted by molar-refractivity contribution is -0.117. The minimum atomic E-state index is -0.189. The summed E-state index contributed by atoms with van der Waals surface area (Å²) in [4.78, 5) is 13.7. The quantitative estimate of drug-likeness (QED) is 0.920. The van der Waals surface area contributed by atoms with Gasteiger partial charge in [0.15, 0.2) is 5.82 Å². The van der Waals surface area contributed by atoms with E-state index in [4.69, 9.17) is 0 Å². The van der Waals surface area contributed by atoms with Gasteiger partial charge in [0.05, 0.1) is 11.7 Å². The van der Waals surface area contributed by atoms with Crippen molar-refractivity contribution >= 4 is 11.7 Å². The van der Waals surface area contributed by atoms with Gasteiger partial charge in [-0.05, 0) is 25.0 Å². The third kappa shape index (κ3) is 4.24. The van der Waals surface area contributed by atoms with E-state index in [1.54, 1.807) is 0 Å². The highest BCUT2D eigenvalue weighted by molar-refractivity contribution is 5.89. The van der Waals surface area contributed by atoms with Crippen LogP contribution in [0.25, 0.3) is 0 Å². The van der Waals surface area contributed by atoms with Crippen LogP contribution in [-0.4, -0.2) is 35.9 Å². The van der Waals surface area contributed by atoms with Crippen LogP contribution < -0.4 is 5.32 Å². The Morgan fingerprint density at radius 3 is 2.60 bits per heavy atom. The summed E-state index contributed by atoms with van der Waals surface area (Å²) in [5, 5.41) is 19.8. The molecule has 0 aromatic carbocycles. The first-order valence-electron chi connectivity index (χ1n) is 8.97. The number of nitrogens with zero attached hydrogens (tertiary/aromatic N) is 6. The normalized spacial score (nSPS) is 16.2. The van der Waals surface area contributed by atoms with Gasteiger partial charge in [-0.25, -0.2) is 4.68 Å². The molecule has 0 unspecified atom stereocenters. The van der Waals surface area contributed by atoms with E-state index in [1.807, 2.05) is 38.4 Å². The van der Waals surface area contributed by atoms with Crippen LogP contribution in [0.2, 0.25) is 0 Å². The molecule has 1 aliphatic rings. The Bertz CT molecular complexity index is 735.